The normalized spacial score (nSPS) is 27.4. The van der Waals surface area contributed by atoms with Crippen molar-refractivity contribution in [3.05, 3.63) is 0 Å². The number of rotatable bonds is 6. The first-order valence-corrected chi connectivity index (χ1v) is 6.90. The summed E-state index contributed by atoms with van der Waals surface area (Å²) in [6.07, 6.45) is 1.81. The van der Waals surface area contributed by atoms with E-state index in [0.717, 1.165) is 38.9 Å². The summed E-state index contributed by atoms with van der Waals surface area (Å²) in [7, 11) is 0. The molecule has 102 valence electrons. The summed E-state index contributed by atoms with van der Waals surface area (Å²) in [4.78, 5) is 2.32. The van der Waals surface area contributed by atoms with Crippen LogP contribution in [0.1, 0.15) is 46.0 Å². The van der Waals surface area contributed by atoms with Crippen LogP contribution >= 0.6 is 0 Å². The van der Waals surface area contributed by atoms with Gasteiger partial charge in [-0.1, -0.05) is 13.8 Å². The fraction of sp³-hybridized carbons (Fsp3) is 1.00. The summed E-state index contributed by atoms with van der Waals surface area (Å²) >= 11 is 0. The first-order valence-electron chi connectivity index (χ1n) is 6.90. The largest absolute Gasteiger partial charge is 0.306 e. The van der Waals surface area contributed by atoms with E-state index in [1.54, 1.807) is 0 Å². The van der Waals surface area contributed by atoms with Crippen LogP contribution in [0.4, 0.5) is 8.78 Å². The number of alkyl halides is 2. The van der Waals surface area contributed by atoms with Crippen molar-refractivity contribution in [3.63, 3.8) is 0 Å². The van der Waals surface area contributed by atoms with Gasteiger partial charge in [-0.15, -0.1) is 0 Å². The molecule has 0 bridgehead atoms. The van der Waals surface area contributed by atoms with Gasteiger partial charge in [-0.25, -0.2) is 8.78 Å². The van der Waals surface area contributed by atoms with Crippen molar-refractivity contribution in [2.45, 2.75) is 57.9 Å². The SMILES string of the molecule is CCCNC1(C(F)F)CCCN(CCC)CC1. The average molecular weight is 248 g/mol. The van der Waals surface area contributed by atoms with Gasteiger partial charge in [-0.2, -0.15) is 0 Å². The number of hydrogen-bond acceptors (Lipinski definition) is 2. The van der Waals surface area contributed by atoms with Gasteiger partial charge in [-0.3, -0.25) is 0 Å². The van der Waals surface area contributed by atoms with Gasteiger partial charge in [0.25, 0.3) is 6.43 Å². The molecule has 0 aromatic rings. The lowest BCUT2D eigenvalue weighted by atomic mass is 9.91. The van der Waals surface area contributed by atoms with E-state index >= 15 is 0 Å². The summed E-state index contributed by atoms with van der Waals surface area (Å²) in [5, 5.41) is 3.11. The van der Waals surface area contributed by atoms with Crippen molar-refractivity contribution in [1.29, 1.82) is 0 Å². The molecule has 0 aliphatic carbocycles. The molecule has 1 saturated heterocycles. The van der Waals surface area contributed by atoms with Crippen LogP contribution in [0.2, 0.25) is 0 Å². The fourth-order valence-corrected chi connectivity index (χ4v) is 2.60. The molecule has 0 aromatic carbocycles. The van der Waals surface area contributed by atoms with Crippen molar-refractivity contribution < 1.29 is 8.78 Å². The molecule has 1 aliphatic rings. The van der Waals surface area contributed by atoms with Crippen LogP contribution in [0, 0.1) is 0 Å². The molecule has 1 aliphatic heterocycles. The Morgan fingerprint density at radius 1 is 1.18 bits per heavy atom. The van der Waals surface area contributed by atoms with E-state index in [4.69, 9.17) is 0 Å². The third kappa shape index (κ3) is 4.18. The zero-order valence-electron chi connectivity index (χ0n) is 11.1. The second-order valence-electron chi connectivity index (χ2n) is 5.08. The molecule has 17 heavy (non-hydrogen) atoms. The van der Waals surface area contributed by atoms with Gasteiger partial charge in [0.1, 0.15) is 0 Å². The van der Waals surface area contributed by atoms with Crippen LogP contribution in [0.5, 0.6) is 0 Å². The topological polar surface area (TPSA) is 15.3 Å². The van der Waals surface area contributed by atoms with Gasteiger partial charge in [0.05, 0.1) is 5.54 Å². The highest BCUT2D eigenvalue weighted by molar-refractivity contribution is 4.93. The zero-order valence-corrected chi connectivity index (χ0v) is 11.1. The predicted molar refractivity (Wildman–Crippen MR) is 67.6 cm³/mol. The fourth-order valence-electron chi connectivity index (χ4n) is 2.60. The minimum absolute atomic E-state index is 0.574. The molecule has 1 fully saturated rings. The van der Waals surface area contributed by atoms with E-state index in [1.807, 2.05) is 6.92 Å². The number of nitrogens with zero attached hydrogens (tertiary/aromatic N) is 1. The van der Waals surface area contributed by atoms with Crippen LogP contribution in [-0.2, 0) is 0 Å². The molecule has 0 spiro atoms. The van der Waals surface area contributed by atoms with Crippen LogP contribution in [0.15, 0.2) is 0 Å². The van der Waals surface area contributed by atoms with Gasteiger partial charge >= 0.3 is 0 Å². The molecule has 0 amide bonds. The summed E-state index contributed by atoms with van der Waals surface area (Å²) < 4.78 is 26.6. The second-order valence-corrected chi connectivity index (χ2v) is 5.08. The molecule has 1 N–H and O–H groups in total. The third-order valence-corrected chi connectivity index (χ3v) is 3.66. The molecule has 2 nitrogen and oxygen atoms in total. The van der Waals surface area contributed by atoms with Crippen molar-refractivity contribution in [3.8, 4) is 0 Å². The van der Waals surface area contributed by atoms with Crippen molar-refractivity contribution in [1.82, 2.24) is 10.2 Å². The second kappa shape index (κ2) is 7.27. The van der Waals surface area contributed by atoms with E-state index in [1.165, 1.54) is 0 Å². The number of nitrogens with one attached hydrogen (secondary N) is 1. The summed E-state index contributed by atoms with van der Waals surface area (Å²) in [5.74, 6) is 0. The first-order chi connectivity index (χ1) is 8.14. The van der Waals surface area contributed by atoms with Crippen LogP contribution in [-0.4, -0.2) is 43.0 Å². The Morgan fingerprint density at radius 2 is 1.94 bits per heavy atom. The Morgan fingerprint density at radius 3 is 2.53 bits per heavy atom. The van der Waals surface area contributed by atoms with Gasteiger partial charge < -0.3 is 10.2 Å². The van der Waals surface area contributed by atoms with Crippen molar-refractivity contribution in [2.24, 2.45) is 0 Å². The maximum Gasteiger partial charge on any atom is 0.256 e. The molecule has 4 heteroatoms. The van der Waals surface area contributed by atoms with Gasteiger partial charge in [-0.05, 0) is 51.7 Å². The monoisotopic (exact) mass is 248 g/mol. The maximum atomic E-state index is 13.3. The third-order valence-electron chi connectivity index (χ3n) is 3.66. The minimum atomic E-state index is -2.25. The Hall–Kier alpha value is -0.220. The number of hydrogen-bond donors (Lipinski definition) is 1. The first kappa shape index (κ1) is 14.8. The zero-order chi connectivity index (χ0) is 12.7. The molecule has 0 radical (unpaired) electrons. The van der Waals surface area contributed by atoms with E-state index in [9.17, 15) is 8.78 Å². The molecule has 0 saturated carbocycles. The molecule has 0 aromatic heterocycles. The Kier molecular flexibility index (Phi) is 6.34. The minimum Gasteiger partial charge on any atom is -0.306 e. The van der Waals surface area contributed by atoms with Crippen LogP contribution < -0.4 is 5.32 Å². The molecule has 1 heterocycles. The number of likely N-dealkylation sites (tertiary alicyclic amines) is 1. The van der Waals surface area contributed by atoms with E-state index in [0.29, 0.717) is 19.4 Å². The van der Waals surface area contributed by atoms with Crippen molar-refractivity contribution >= 4 is 0 Å². The lowest BCUT2D eigenvalue weighted by Gasteiger charge is -2.33. The smallest absolute Gasteiger partial charge is 0.256 e. The predicted octanol–water partition coefficient (Wildman–Crippen LogP) is 2.89. The summed E-state index contributed by atoms with van der Waals surface area (Å²) in [6, 6.07) is 0. The van der Waals surface area contributed by atoms with E-state index < -0.39 is 12.0 Å². The Labute approximate surface area is 104 Å². The van der Waals surface area contributed by atoms with E-state index in [2.05, 4.69) is 17.1 Å². The quantitative estimate of drug-likeness (QED) is 0.777. The average Bonchev–Trinajstić information content (AvgIpc) is 2.51. The highest BCUT2D eigenvalue weighted by atomic mass is 19.3. The van der Waals surface area contributed by atoms with Gasteiger partial charge in [0, 0.05) is 6.54 Å². The Balaban J connectivity index is 2.59. The van der Waals surface area contributed by atoms with Crippen LogP contribution in [0.25, 0.3) is 0 Å². The van der Waals surface area contributed by atoms with Crippen molar-refractivity contribution in [2.75, 3.05) is 26.2 Å². The van der Waals surface area contributed by atoms with E-state index in [-0.39, 0.29) is 0 Å². The standard InChI is InChI=1S/C13H26F2N2/c1-3-8-16-13(12(14)15)6-5-10-17(9-4-2)11-7-13/h12,16H,3-11H2,1-2H3. The molecule has 1 atom stereocenters. The molecular weight excluding hydrogens is 222 g/mol. The molecule has 1 unspecified atom stereocenters. The lowest BCUT2D eigenvalue weighted by Crippen LogP contribution is -2.52. The number of halogens is 2. The maximum absolute atomic E-state index is 13.3. The summed E-state index contributed by atoms with van der Waals surface area (Å²) in [6.45, 7) is 7.66. The Bertz CT molecular complexity index is 212. The molecular formula is C13H26F2N2. The van der Waals surface area contributed by atoms with Gasteiger partial charge in [0.15, 0.2) is 0 Å². The highest BCUT2D eigenvalue weighted by Gasteiger charge is 2.40. The van der Waals surface area contributed by atoms with Gasteiger partial charge in [0.2, 0.25) is 0 Å². The molecule has 1 rings (SSSR count). The lowest BCUT2D eigenvalue weighted by molar-refractivity contribution is 0.0203. The summed E-state index contributed by atoms with van der Waals surface area (Å²) in [5.41, 5.74) is -0.932. The highest BCUT2D eigenvalue weighted by Crippen LogP contribution is 2.29. The van der Waals surface area contributed by atoms with Crippen LogP contribution in [0.3, 0.4) is 0 Å².